The summed E-state index contributed by atoms with van der Waals surface area (Å²) in [7, 11) is 0. The van der Waals surface area contributed by atoms with Gasteiger partial charge in [0.25, 0.3) is 0 Å². The molecular weight excluding hydrogens is 330 g/mol. The van der Waals surface area contributed by atoms with Crippen LogP contribution in [-0.2, 0) is 12.4 Å². The summed E-state index contributed by atoms with van der Waals surface area (Å²) in [5, 5.41) is 0. The molecule has 0 radical (unpaired) electrons. The van der Waals surface area contributed by atoms with Gasteiger partial charge in [0.15, 0.2) is 0 Å². The number of thioether (sulfide) groups is 1. The molecule has 0 bridgehead atoms. The number of hydrogen-bond donors (Lipinski definition) is 0. The quantitative estimate of drug-likeness (QED) is 0.485. The van der Waals surface area contributed by atoms with Crippen LogP contribution in [-0.4, -0.2) is 5.51 Å². The second-order valence-corrected chi connectivity index (χ2v) is 4.48. The summed E-state index contributed by atoms with van der Waals surface area (Å²) in [4.78, 5) is -1.77. The van der Waals surface area contributed by atoms with Gasteiger partial charge in [-0.15, -0.1) is 0 Å². The molecule has 0 fully saturated rings. The van der Waals surface area contributed by atoms with Gasteiger partial charge in [0.2, 0.25) is 0 Å². The largest absolute Gasteiger partial charge is 0.446 e. The highest BCUT2D eigenvalue weighted by atomic mass is 32.2. The highest BCUT2D eigenvalue weighted by Gasteiger charge is 2.42. The molecule has 0 aliphatic rings. The molecule has 20 heavy (non-hydrogen) atoms. The molecule has 0 N–H and O–H groups in total. The Labute approximate surface area is 108 Å². The highest BCUT2D eigenvalue weighted by Crippen LogP contribution is 2.46. The van der Waals surface area contributed by atoms with Crippen LogP contribution in [0.2, 0.25) is 0 Å². The first kappa shape index (κ1) is 16.9. The Kier molecular flexibility index (Phi) is 4.24. The molecule has 114 valence electrons. The molecule has 1 aromatic carbocycles. The molecular formula is C9H2F10S. The van der Waals surface area contributed by atoms with Crippen LogP contribution in [0.3, 0.4) is 0 Å². The molecule has 0 spiro atoms. The summed E-state index contributed by atoms with van der Waals surface area (Å²) >= 11 is -1.39. The molecule has 0 nitrogen and oxygen atoms in total. The Morgan fingerprint density at radius 1 is 0.700 bits per heavy atom. The maximum Gasteiger partial charge on any atom is 0.446 e. The highest BCUT2D eigenvalue weighted by molar-refractivity contribution is 8.00. The van der Waals surface area contributed by atoms with Gasteiger partial charge in [0, 0.05) is 4.90 Å². The predicted molar refractivity (Wildman–Crippen MR) is 48.3 cm³/mol. The van der Waals surface area contributed by atoms with Crippen molar-refractivity contribution in [1.29, 1.82) is 0 Å². The SMILES string of the molecule is Fc1cc(C(F)(F)F)c(SC(F)(F)F)cc1C(F)(F)F. The van der Waals surface area contributed by atoms with Crippen molar-refractivity contribution < 1.29 is 43.9 Å². The fourth-order valence-electron chi connectivity index (χ4n) is 1.20. The monoisotopic (exact) mass is 332 g/mol. The third kappa shape index (κ3) is 4.18. The minimum Gasteiger partial charge on any atom is -0.206 e. The third-order valence-corrected chi connectivity index (χ3v) is 2.69. The zero-order valence-corrected chi connectivity index (χ0v) is 9.66. The smallest absolute Gasteiger partial charge is 0.206 e. The summed E-state index contributed by atoms with van der Waals surface area (Å²) in [5.41, 5.74) is -9.57. The van der Waals surface area contributed by atoms with Gasteiger partial charge in [-0.2, -0.15) is 39.5 Å². The standard InChI is InChI=1S/C9H2F10S/c10-5-1-4(8(14,15)16)6(20-9(17,18)19)2-3(5)7(11,12)13/h1-2H. The van der Waals surface area contributed by atoms with Crippen molar-refractivity contribution in [2.24, 2.45) is 0 Å². The first-order chi connectivity index (χ1) is 8.72. The van der Waals surface area contributed by atoms with E-state index in [1.165, 1.54) is 0 Å². The van der Waals surface area contributed by atoms with Crippen LogP contribution in [0.4, 0.5) is 43.9 Å². The average Bonchev–Trinajstić information content (AvgIpc) is 2.14. The van der Waals surface area contributed by atoms with Gasteiger partial charge < -0.3 is 0 Å². The molecule has 0 amide bonds. The van der Waals surface area contributed by atoms with Crippen molar-refractivity contribution in [2.75, 3.05) is 0 Å². The maximum atomic E-state index is 13.0. The molecule has 11 heteroatoms. The zero-order valence-electron chi connectivity index (χ0n) is 8.84. The van der Waals surface area contributed by atoms with Crippen LogP contribution in [0.15, 0.2) is 17.0 Å². The van der Waals surface area contributed by atoms with Crippen LogP contribution < -0.4 is 0 Å². The van der Waals surface area contributed by atoms with E-state index in [1.807, 2.05) is 0 Å². The number of benzene rings is 1. The first-order valence-corrected chi connectivity index (χ1v) is 5.27. The van der Waals surface area contributed by atoms with E-state index < -0.39 is 63.6 Å². The molecule has 0 heterocycles. The van der Waals surface area contributed by atoms with E-state index in [4.69, 9.17) is 0 Å². The molecule has 0 atom stereocenters. The summed E-state index contributed by atoms with van der Waals surface area (Å²) in [5.74, 6) is -2.30. The van der Waals surface area contributed by atoms with Crippen molar-refractivity contribution in [3.8, 4) is 0 Å². The van der Waals surface area contributed by atoms with Crippen LogP contribution in [0, 0.1) is 5.82 Å². The van der Waals surface area contributed by atoms with Gasteiger partial charge in [-0.25, -0.2) is 4.39 Å². The Balaban J connectivity index is 3.51. The number of rotatable bonds is 1. The van der Waals surface area contributed by atoms with E-state index in [0.717, 1.165) is 0 Å². The molecule has 0 aliphatic carbocycles. The molecule has 0 aliphatic heterocycles. The minimum atomic E-state index is -5.42. The van der Waals surface area contributed by atoms with Gasteiger partial charge in [0.05, 0.1) is 11.1 Å². The van der Waals surface area contributed by atoms with E-state index in [1.54, 1.807) is 0 Å². The maximum absolute atomic E-state index is 13.0. The lowest BCUT2D eigenvalue weighted by atomic mass is 10.1. The molecule has 0 unspecified atom stereocenters. The summed E-state index contributed by atoms with van der Waals surface area (Å²) in [6.07, 6.45) is -10.8. The molecule has 0 saturated carbocycles. The average molecular weight is 332 g/mol. The van der Waals surface area contributed by atoms with Gasteiger partial charge in [0.1, 0.15) is 5.82 Å². The summed E-state index contributed by atoms with van der Waals surface area (Å²) in [6, 6.07) is -1.10. The Morgan fingerprint density at radius 3 is 1.50 bits per heavy atom. The number of hydrogen-bond acceptors (Lipinski definition) is 1. The van der Waals surface area contributed by atoms with Crippen molar-refractivity contribution >= 4 is 11.8 Å². The van der Waals surface area contributed by atoms with Crippen molar-refractivity contribution in [2.45, 2.75) is 22.8 Å². The van der Waals surface area contributed by atoms with E-state index in [0.29, 0.717) is 0 Å². The van der Waals surface area contributed by atoms with E-state index in [9.17, 15) is 43.9 Å². The lowest BCUT2D eigenvalue weighted by Crippen LogP contribution is -2.15. The van der Waals surface area contributed by atoms with Crippen LogP contribution in [0.5, 0.6) is 0 Å². The molecule has 1 rings (SSSR count). The van der Waals surface area contributed by atoms with E-state index in [-0.39, 0.29) is 0 Å². The fourth-order valence-corrected chi connectivity index (χ4v) is 1.91. The predicted octanol–water partition coefficient (Wildman–Crippen LogP) is 5.48. The second kappa shape index (κ2) is 5.01. The molecule has 0 aromatic heterocycles. The van der Waals surface area contributed by atoms with Crippen LogP contribution in [0.1, 0.15) is 11.1 Å². The second-order valence-electron chi connectivity index (χ2n) is 3.37. The fraction of sp³-hybridized carbons (Fsp3) is 0.333. The lowest BCUT2D eigenvalue weighted by molar-refractivity contribution is -0.145. The normalized spacial score (nSPS) is 13.7. The van der Waals surface area contributed by atoms with Crippen molar-refractivity contribution in [1.82, 2.24) is 0 Å². The first-order valence-electron chi connectivity index (χ1n) is 4.45. The van der Waals surface area contributed by atoms with Gasteiger partial charge in [-0.1, -0.05) is 0 Å². The van der Waals surface area contributed by atoms with Crippen molar-refractivity contribution in [3.05, 3.63) is 29.1 Å². The minimum absolute atomic E-state index is 0.504. The lowest BCUT2D eigenvalue weighted by Gasteiger charge is -2.17. The molecule has 0 saturated heterocycles. The zero-order chi connectivity index (χ0) is 15.9. The summed E-state index contributed by atoms with van der Waals surface area (Å²) < 4.78 is 123. The van der Waals surface area contributed by atoms with Crippen LogP contribution in [0.25, 0.3) is 0 Å². The summed E-state index contributed by atoms with van der Waals surface area (Å²) in [6.45, 7) is 0. The Morgan fingerprint density at radius 2 is 1.15 bits per heavy atom. The van der Waals surface area contributed by atoms with Crippen molar-refractivity contribution in [3.63, 3.8) is 0 Å². The number of alkyl halides is 9. The topological polar surface area (TPSA) is 0 Å². The third-order valence-electron chi connectivity index (χ3n) is 1.91. The van der Waals surface area contributed by atoms with Gasteiger partial charge in [-0.3, -0.25) is 0 Å². The number of halogens is 10. The Bertz CT molecular complexity index is 495. The van der Waals surface area contributed by atoms with Crippen LogP contribution >= 0.6 is 11.8 Å². The van der Waals surface area contributed by atoms with Gasteiger partial charge >= 0.3 is 17.9 Å². The van der Waals surface area contributed by atoms with E-state index in [2.05, 4.69) is 0 Å². The van der Waals surface area contributed by atoms with E-state index >= 15 is 0 Å². The molecule has 1 aromatic rings. The van der Waals surface area contributed by atoms with Gasteiger partial charge in [-0.05, 0) is 23.9 Å². The Hall–Kier alpha value is -1.13.